The summed E-state index contributed by atoms with van der Waals surface area (Å²) in [5.41, 5.74) is -2.64. The third kappa shape index (κ3) is 10.9. The summed E-state index contributed by atoms with van der Waals surface area (Å²) in [6.07, 6.45) is 13.4. The zero-order valence-electron chi connectivity index (χ0n) is 30.5. The van der Waals surface area contributed by atoms with E-state index in [0.29, 0.717) is 18.0 Å². The number of hydrogen-bond acceptors (Lipinski definition) is 1. The molecule has 2 unspecified atom stereocenters. The van der Waals surface area contributed by atoms with E-state index >= 15 is 13.2 Å². The Morgan fingerprint density at radius 2 is 1.11 bits per heavy atom. The predicted molar refractivity (Wildman–Crippen MR) is 191 cm³/mol. The topological polar surface area (TPSA) is 9.23 Å². The van der Waals surface area contributed by atoms with Gasteiger partial charge in [0.25, 0.3) is 8.32 Å². The molecule has 1 nitrogen and oxygen atoms in total. The minimum absolute atomic E-state index is 0.0747. The van der Waals surface area contributed by atoms with Crippen molar-refractivity contribution in [3.8, 4) is 5.75 Å². The molecule has 0 bridgehead atoms. The number of hydrogen-bond donors (Lipinski definition) is 0. The van der Waals surface area contributed by atoms with E-state index in [9.17, 15) is 13.2 Å². The van der Waals surface area contributed by atoms with E-state index in [0.717, 1.165) is 51.4 Å². The van der Waals surface area contributed by atoms with Crippen LogP contribution in [0.1, 0.15) is 149 Å². The largest absolute Gasteiger partial charge is 0.539 e. The minimum Gasteiger partial charge on any atom is -0.539 e. The lowest BCUT2D eigenvalue weighted by molar-refractivity contribution is 0.382. The van der Waals surface area contributed by atoms with E-state index in [2.05, 4.69) is 34.6 Å². The van der Waals surface area contributed by atoms with Crippen molar-refractivity contribution >= 4 is 22.2 Å². The molecule has 1 aliphatic carbocycles. The monoisotopic (exact) mass is 705 g/mol. The molecule has 0 aliphatic heterocycles. The fourth-order valence-electron chi connectivity index (χ4n) is 8.06. The molecule has 1 radical (unpaired) electrons. The lowest BCUT2D eigenvalue weighted by atomic mass is 9.96. The van der Waals surface area contributed by atoms with E-state index in [-0.39, 0.29) is 5.54 Å². The van der Waals surface area contributed by atoms with Crippen LogP contribution in [0.2, 0.25) is 41.8 Å². The third-order valence-corrected chi connectivity index (χ3v) is 22.0. The van der Waals surface area contributed by atoms with Crippen LogP contribution in [0.25, 0.3) is 5.83 Å². The van der Waals surface area contributed by atoms with Gasteiger partial charge in [-0.3, -0.25) is 0 Å². The Balaban J connectivity index is 2.33. The van der Waals surface area contributed by atoms with Gasteiger partial charge < -0.3 is 4.43 Å². The standard InChI is InChI=1S/C38H63F6OSi2/c1-8-13-14-17-20-29(12-5)21-27-47(28(6)7,26-19-16-15-18-25-46(22-9-2,23-10-3)24-11-4)45-38-35(42)31-30(34(41)37(38)44)32(39)36(43)33(31)40/h28-29H,8-27H2,1-7H3. The van der Waals surface area contributed by atoms with Crippen molar-refractivity contribution in [3.63, 3.8) is 0 Å². The van der Waals surface area contributed by atoms with Crippen molar-refractivity contribution in [1.82, 2.24) is 0 Å². The van der Waals surface area contributed by atoms with Crippen molar-refractivity contribution in [3.05, 3.63) is 40.6 Å². The second-order valence-electron chi connectivity index (χ2n) is 14.6. The maximum absolute atomic E-state index is 15.8. The molecular formula is C38H63F6OSi2. The van der Waals surface area contributed by atoms with Crippen LogP contribution < -0.4 is 4.43 Å². The van der Waals surface area contributed by atoms with E-state index in [4.69, 9.17) is 4.43 Å². The number of allylic oxidation sites excluding steroid dienone is 1. The van der Waals surface area contributed by atoms with E-state index in [1.165, 1.54) is 62.7 Å². The number of halogens is 6. The van der Waals surface area contributed by atoms with Gasteiger partial charge in [0.05, 0.1) is 19.2 Å². The van der Waals surface area contributed by atoms with Crippen LogP contribution in [-0.2, 0) is 0 Å². The van der Waals surface area contributed by atoms with E-state index < -0.39 is 68.5 Å². The molecule has 9 heteroatoms. The van der Waals surface area contributed by atoms with Crippen molar-refractivity contribution in [2.45, 2.75) is 180 Å². The highest BCUT2D eigenvalue weighted by Gasteiger charge is 2.46. The quantitative estimate of drug-likeness (QED) is 0.0426. The van der Waals surface area contributed by atoms with Gasteiger partial charge in [-0.25, -0.2) is 22.0 Å². The molecular weight excluding hydrogens is 643 g/mol. The van der Waals surface area contributed by atoms with Crippen LogP contribution in [0.15, 0.2) is 5.83 Å². The SMILES string of the molecule is CCCCCCC(CC)CC[Si](CCCCCC[Si](CCC)(CCC)CCC)(Oc1c(F)c(F)c2c(c1F)C(F)=C(F)[C]2F)C(C)C. The zero-order valence-corrected chi connectivity index (χ0v) is 32.5. The summed E-state index contributed by atoms with van der Waals surface area (Å²) in [5.74, 6) is -9.56. The molecule has 1 aliphatic rings. The zero-order chi connectivity index (χ0) is 35.2. The van der Waals surface area contributed by atoms with Gasteiger partial charge in [0.1, 0.15) is 0 Å². The Labute approximate surface area is 284 Å². The van der Waals surface area contributed by atoms with Crippen molar-refractivity contribution in [2.75, 3.05) is 0 Å². The van der Waals surface area contributed by atoms with Crippen molar-refractivity contribution < 1.29 is 30.8 Å². The smallest absolute Gasteiger partial charge is 0.254 e. The molecule has 0 fully saturated rings. The van der Waals surface area contributed by atoms with Gasteiger partial charge in [0.2, 0.25) is 12.0 Å². The van der Waals surface area contributed by atoms with Crippen LogP contribution in [0.4, 0.5) is 26.3 Å². The number of unbranched alkanes of at least 4 members (excludes halogenated alkanes) is 6. The predicted octanol–water partition coefficient (Wildman–Crippen LogP) is 14.9. The maximum atomic E-state index is 15.8. The van der Waals surface area contributed by atoms with Crippen LogP contribution in [0.3, 0.4) is 0 Å². The first-order valence-electron chi connectivity index (χ1n) is 18.9. The number of benzene rings is 1. The molecule has 0 saturated carbocycles. The summed E-state index contributed by atoms with van der Waals surface area (Å²) in [5, 5.41) is 0. The molecule has 0 heterocycles. The van der Waals surface area contributed by atoms with E-state index in [1.54, 1.807) is 0 Å². The fourth-order valence-corrected chi connectivity index (χ4v) is 17.9. The van der Waals surface area contributed by atoms with Gasteiger partial charge in [-0.1, -0.05) is 156 Å². The lowest BCUT2D eigenvalue weighted by Gasteiger charge is -2.37. The van der Waals surface area contributed by atoms with Crippen LogP contribution >= 0.6 is 0 Å². The molecule has 2 atom stereocenters. The normalized spacial score (nSPS) is 15.9. The van der Waals surface area contributed by atoms with Crippen molar-refractivity contribution in [2.24, 2.45) is 5.92 Å². The summed E-state index contributed by atoms with van der Waals surface area (Å²) in [4.78, 5) is 0. The molecule has 0 N–H and O–H groups in total. The van der Waals surface area contributed by atoms with Gasteiger partial charge in [0, 0.05) is 0 Å². The van der Waals surface area contributed by atoms with Crippen molar-refractivity contribution in [1.29, 1.82) is 0 Å². The molecule has 271 valence electrons. The molecule has 2 rings (SSSR count). The van der Waals surface area contributed by atoms with Crippen LogP contribution in [0, 0.1) is 29.5 Å². The first-order chi connectivity index (χ1) is 22.4. The summed E-state index contributed by atoms with van der Waals surface area (Å²) >= 11 is 0. The van der Waals surface area contributed by atoms with Crippen LogP contribution in [-0.4, -0.2) is 16.4 Å². The average molecular weight is 706 g/mol. The third-order valence-electron chi connectivity index (χ3n) is 10.9. The highest BCUT2D eigenvalue weighted by Crippen LogP contribution is 2.50. The first-order valence-corrected chi connectivity index (χ1v) is 24.1. The Kier molecular flexibility index (Phi) is 18.2. The highest BCUT2D eigenvalue weighted by atomic mass is 28.4. The Bertz CT molecular complexity index is 1110. The Morgan fingerprint density at radius 1 is 0.532 bits per heavy atom. The van der Waals surface area contributed by atoms with Gasteiger partial charge in [-0.05, 0) is 30.0 Å². The number of fused-ring (bicyclic) bond motifs is 1. The molecule has 0 aromatic heterocycles. The highest BCUT2D eigenvalue weighted by molar-refractivity contribution is 6.79. The van der Waals surface area contributed by atoms with Gasteiger partial charge in [-0.2, -0.15) is 4.39 Å². The first kappa shape index (κ1) is 41.9. The molecule has 1 aromatic rings. The number of rotatable bonds is 25. The molecule has 0 spiro atoms. The summed E-state index contributed by atoms with van der Waals surface area (Å²) < 4.78 is 95.7. The Morgan fingerprint density at radius 3 is 1.64 bits per heavy atom. The lowest BCUT2D eigenvalue weighted by Crippen LogP contribution is -2.45. The summed E-state index contributed by atoms with van der Waals surface area (Å²) in [7, 11) is -4.30. The van der Waals surface area contributed by atoms with Gasteiger partial charge in [-0.15, -0.1) is 0 Å². The van der Waals surface area contributed by atoms with Gasteiger partial charge >= 0.3 is 0 Å². The molecule has 47 heavy (non-hydrogen) atoms. The van der Waals surface area contributed by atoms with Gasteiger partial charge in [0.15, 0.2) is 29.0 Å². The Hall–Kier alpha value is -1.23. The maximum Gasteiger partial charge on any atom is 0.254 e. The van der Waals surface area contributed by atoms with Crippen LogP contribution in [0.5, 0.6) is 5.75 Å². The molecule has 0 saturated heterocycles. The summed E-state index contributed by atoms with van der Waals surface area (Å²) in [6.45, 7) is 15.2. The second kappa shape index (κ2) is 20.4. The fraction of sp³-hybridized carbons (Fsp3) is 0.763. The summed E-state index contributed by atoms with van der Waals surface area (Å²) in [6, 6.07) is 6.76. The average Bonchev–Trinajstić information content (AvgIpc) is 3.27. The molecule has 0 amide bonds. The second-order valence-corrected chi connectivity index (χ2v) is 24.1. The van der Waals surface area contributed by atoms with E-state index in [1.807, 2.05) is 13.8 Å². The minimum atomic E-state index is -3.03. The molecule has 1 aromatic carbocycles.